The summed E-state index contributed by atoms with van der Waals surface area (Å²) in [5.74, 6) is 1.00. The lowest BCUT2D eigenvalue weighted by atomic mass is 9.81. The summed E-state index contributed by atoms with van der Waals surface area (Å²) in [5, 5.41) is 21.3. The molecule has 0 atom stereocenters. The molecule has 2 aromatic heterocycles. The van der Waals surface area contributed by atoms with Gasteiger partial charge in [-0.25, -0.2) is 0 Å². The molecule has 1 fully saturated rings. The topological polar surface area (TPSA) is 74.8 Å². The summed E-state index contributed by atoms with van der Waals surface area (Å²) < 4.78 is 2.07. The first-order chi connectivity index (χ1) is 15.1. The molecule has 0 saturated heterocycles. The second kappa shape index (κ2) is 9.67. The largest absolute Gasteiger partial charge is 0.326 e. The molecular weight excluding hydrogens is 426 g/mol. The monoisotopic (exact) mass is 451 g/mol. The van der Waals surface area contributed by atoms with Crippen LogP contribution in [0.5, 0.6) is 0 Å². The molecule has 6 nitrogen and oxygen atoms in total. The van der Waals surface area contributed by atoms with E-state index in [0.29, 0.717) is 11.7 Å². The number of hydrogen-bond donors (Lipinski definition) is 0. The number of nitrogens with zero attached hydrogens (tertiary/aromatic N) is 5. The maximum Gasteiger partial charge on any atom is 0.234 e. The van der Waals surface area contributed by atoms with Crippen molar-refractivity contribution in [1.82, 2.24) is 19.7 Å². The highest BCUT2D eigenvalue weighted by Crippen LogP contribution is 2.33. The van der Waals surface area contributed by atoms with Gasteiger partial charge in [0.2, 0.25) is 5.91 Å². The third kappa shape index (κ3) is 4.68. The molecule has 1 aliphatic carbocycles. The summed E-state index contributed by atoms with van der Waals surface area (Å²) in [6.07, 6.45) is 4.63. The Morgan fingerprint density at radius 1 is 1.19 bits per heavy atom. The summed E-state index contributed by atoms with van der Waals surface area (Å²) in [6, 6.07) is 16.6. The zero-order valence-corrected chi connectivity index (χ0v) is 19.2. The summed E-state index contributed by atoms with van der Waals surface area (Å²) in [7, 11) is 1.77. The highest BCUT2D eigenvalue weighted by Gasteiger charge is 2.38. The molecule has 8 heteroatoms. The first-order valence-corrected chi connectivity index (χ1v) is 12.3. The number of carbonyl (C=O) groups excluding carboxylic acids is 1. The van der Waals surface area contributed by atoms with E-state index >= 15 is 0 Å². The Bertz CT molecular complexity index is 1050. The smallest absolute Gasteiger partial charge is 0.234 e. The molecule has 0 bridgehead atoms. The van der Waals surface area contributed by atoms with Crippen LogP contribution in [0, 0.1) is 11.3 Å². The quantitative estimate of drug-likeness (QED) is 0.481. The average molecular weight is 452 g/mol. The number of aromatic nitrogens is 3. The summed E-state index contributed by atoms with van der Waals surface area (Å²) in [4.78, 5) is 15.7. The molecule has 0 unspecified atom stereocenters. The number of thiophene rings is 1. The van der Waals surface area contributed by atoms with Crippen molar-refractivity contribution in [2.45, 2.75) is 49.3 Å². The second-order valence-electron chi connectivity index (χ2n) is 7.80. The van der Waals surface area contributed by atoms with Crippen LogP contribution in [0.2, 0.25) is 0 Å². The van der Waals surface area contributed by atoms with Gasteiger partial charge in [0.15, 0.2) is 11.0 Å². The Balaban J connectivity index is 1.53. The van der Waals surface area contributed by atoms with Gasteiger partial charge in [-0.05, 0) is 29.9 Å². The molecule has 31 heavy (non-hydrogen) atoms. The van der Waals surface area contributed by atoms with Crippen LogP contribution in [0.15, 0.2) is 53.0 Å². The summed E-state index contributed by atoms with van der Waals surface area (Å²) in [6.45, 7) is 0.634. The van der Waals surface area contributed by atoms with Gasteiger partial charge >= 0.3 is 0 Å². The van der Waals surface area contributed by atoms with Crippen molar-refractivity contribution in [1.29, 1.82) is 5.26 Å². The Kier molecular flexibility index (Phi) is 6.73. The Labute approximate surface area is 190 Å². The molecule has 4 rings (SSSR count). The number of amides is 1. The van der Waals surface area contributed by atoms with Gasteiger partial charge in [0.05, 0.1) is 23.2 Å². The molecule has 160 valence electrons. The highest BCUT2D eigenvalue weighted by molar-refractivity contribution is 7.99. The third-order valence-corrected chi connectivity index (χ3v) is 7.69. The number of hydrogen-bond acceptors (Lipinski definition) is 6. The van der Waals surface area contributed by atoms with Crippen LogP contribution in [-0.4, -0.2) is 43.9 Å². The Morgan fingerprint density at radius 3 is 2.65 bits per heavy atom. The van der Waals surface area contributed by atoms with E-state index in [1.54, 1.807) is 23.3 Å². The molecule has 1 aromatic carbocycles. The molecule has 1 saturated carbocycles. The van der Waals surface area contributed by atoms with E-state index in [9.17, 15) is 10.1 Å². The number of benzene rings is 1. The standard InChI is InChI=1S/C23H25N5OS2/c1-27(23(17-24)12-6-3-7-13-23)20(29)16-31-22-26-25-21(19-11-8-14-30-19)28(22)15-18-9-4-2-5-10-18/h2,4-5,8-11,14H,3,6-7,12-13,15-16H2,1H3. The van der Waals surface area contributed by atoms with Crippen LogP contribution >= 0.6 is 23.1 Å². The average Bonchev–Trinajstić information content (AvgIpc) is 3.48. The fourth-order valence-electron chi connectivity index (χ4n) is 4.01. The Hall–Kier alpha value is -2.63. The van der Waals surface area contributed by atoms with Gasteiger partial charge in [-0.15, -0.1) is 21.5 Å². The van der Waals surface area contributed by atoms with Crippen molar-refractivity contribution in [2.24, 2.45) is 0 Å². The molecule has 1 aliphatic rings. The van der Waals surface area contributed by atoms with Crippen molar-refractivity contribution < 1.29 is 4.79 Å². The minimum absolute atomic E-state index is 0.0413. The minimum Gasteiger partial charge on any atom is -0.326 e. The van der Waals surface area contributed by atoms with Gasteiger partial charge in [0, 0.05) is 7.05 Å². The van der Waals surface area contributed by atoms with Crippen LogP contribution in [0.25, 0.3) is 10.7 Å². The minimum atomic E-state index is -0.671. The predicted molar refractivity (Wildman–Crippen MR) is 124 cm³/mol. The lowest BCUT2D eigenvalue weighted by molar-refractivity contribution is -0.131. The van der Waals surface area contributed by atoms with Crippen molar-refractivity contribution in [3.63, 3.8) is 0 Å². The van der Waals surface area contributed by atoms with Gasteiger partial charge in [0.1, 0.15) is 5.54 Å². The fraction of sp³-hybridized carbons (Fsp3) is 0.391. The van der Waals surface area contributed by atoms with Gasteiger partial charge in [-0.1, -0.05) is 67.4 Å². The van der Waals surface area contributed by atoms with E-state index in [-0.39, 0.29) is 11.7 Å². The van der Waals surface area contributed by atoms with E-state index in [4.69, 9.17) is 0 Å². The molecule has 0 aliphatic heterocycles. The molecule has 0 radical (unpaired) electrons. The van der Waals surface area contributed by atoms with E-state index in [1.807, 2.05) is 35.7 Å². The van der Waals surface area contributed by atoms with Crippen LogP contribution in [0.4, 0.5) is 0 Å². The zero-order valence-electron chi connectivity index (χ0n) is 17.5. The molecular formula is C23H25N5OS2. The number of thioether (sulfide) groups is 1. The highest BCUT2D eigenvalue weighted by atomic mass is 32.2. The van der Waals surface area contributed by atoms with Crippen molar-refractivity contribution >= 4 is 29.0 Å². The number of nitriles is 1. The van der Waals surface area contributed by atoms with Crippen molar-refractivity contribution in [3.8, 4) is 16.8 Å². The first-order valence-electron chi connectivity index (χ1n) is 10.4. The SMILES string of the molecule is CN(C(=O)CSc1nnc(-c2cccs2)n1Cc1ccccc1)C1(C#N)CCCCC1. The molecule has 2 heterocycles. The molecule has 1 amide bonds. The molecule has 0 N–H and O–H groups in total. The third-order valence-electron chi connectivity index (χ3n) is 5.87. The molecule has 0 spiro atoms. The zero-order chi connectivity index (χ0) is 21.7. The van der Waals surface area contributed by atoms with Crippen molar-refractivity contribution in [2.75, 3.05) is 12.8 Å². The van der Waals surface area contributed by atoms with Crippen LogP contribution in [-0.2, 0) is 11.3 Å². The first kappa shape index (κ1) is 21.6. The maximum absolute atomic E-state index is 13.0. The lowest BCUT2D eigenvalue weighted by Gasteiger charge is -2.39. The van der Waals surface area contributed by atoms with E-state index in [1.165, 1.54) is 11.8 Å². The lowest BCUT2D eigenvalue weighted by Crippen LogP contribution is -2.50. The van der Waals surface area contributed by atoms with Gasteiger partial charge < -0.3 is 4.90 Å². The van der Waals surface area contributed by atoms with Gasteiger partial charge in [-0.2, -0.15) is 5.26 Å². The van der Waals surface area contributed by atoms with E-state index in [2.05, 4.69) is 33.0 Å². The summed E-state index contributed by atoms with van der Waals surface area (Å²) >= 11 is 3.01. The van der Waals surface area contributed by atoms with E-state index < -0.39 is 5.54 Å². The molecule has 3 aromatic rings. The maximum atomic E-state index is 13.0. The fourth-order valence-corrected chi connectivity index (χ4v) is 5.58. The Morgan fingerprint density at radius 2 is 1.97 bits per heavy atom. The number of carbonyl (C=O) groups is 1. The number of rotatable bonds is 7. The predicted octanol–water partition coefficient (Wildman–Crippen LogP) is 4.83. The summed E-state index contributed by atoms with van der Waals surface area (Å²) in [5.41, 5.74) is 0.478. The van der Waals surface area contributed by atoms with Gasteiger partial charge in [0.25, 0.3) is 0 Å². The van der Waals surface area contributed by atoms with Crippen LogP contribution in [0.3, 0.4) is 0 Å². The van der Waals surface area contributed by atoms with Crippen LogP contribution in [0.1, 0.15) is 37.7 Å². The second-order valence-corrected chi connectivity index (χ2v) is 9.69. The van der Waals surface area contributed by atoms with Crippen molar-refractivity contribution in [3.05, 3.63) is 53.4 Å². The van der Waals surface area contributed by atoms with Gasteiger partial charge in [-0.3, -0.25) is 9.36 Å². The normalized spacial score (nSPS) is 15.4. The van der Waals surface area contributed by atoms with Crippen LogP contribution < -0.4 is 0 Å². The van der Waals surface area contributed by atoms with E-state index in [0.717, 1.165) is 48.4 Å².